The van der Waals surface area contributed by atoms with Crippen molar-refractivity contribution >= 4 is 23.2 Å². The lowest BCUT2D eigenvalue weighted by Gasteiger charge is -2.20. The van der Waals surface area contributed by atoms with E-state index in [9.17, 15) is 4.79 Å². The Morgan fingerprint density at radius 2 is 2.05 bits per heavy atom. The number of nitrogens with zero attached hydrogens (tertiary/aromatic N) is 1. The average molecular weight is 277 g/mol. The van der Waals surface area contributed by atoms with Crippen LogP contribution in [0.15, 0.2) is 36.9 Å². The lowest BCUT2D eigenvalue weighted by Crippen LogP contribution is -2.36. The van der Waals surface area contributed by atoms with Crippen LogP contribution in [0.1, 0.15) is 15.9 Å². The standard InChI is InChI=1S/C14H19N3OS/c1-4-9-16-14(19)17(3)10-11-5-7-12(8-6-11)13(18)15-2/h4-8H,1,9-10H2,2-3H3,(H,15,18)(H,16,19). The van der Waals surface area contributed by atoms with Gasteiger partial charge < -0.3 is 15.5 Å². The molecule has 1 aromatic carbocycles. The number of thiocarbonyl (C=S) groups is 1. The fourth-order valence-electron chi connectivity index (χ4n) is 1.55. The second-order valence-corrected chi connectivity index (χ2v) is 4.49. The Hall–Kier alpha value is -1.88. The zero-order chi connectivity index (χ0) is 14.3. The summed E-state index contributed by atoms with van der Waals surface area (Å²) in [5.41, 5.74) is 1.75. The molecule has 0 spiro atoms. The highest BCUT2D eigenvalue weighted by molar-refractivity contribution is 7.80. The first kappa shape index (κ1) is 15.2. The molecule has 0 atom stereocenters. The minimum atomic E-state index is -0.0805. The number of nitrogens with one attached hydrogen (secondary N) is 2. The van der Waals surface area contributed by atoms with Gasteiger partial charge in [0.05, 0.1) is 0 Å². The minimum absolute atomic E-state index is 0.0805. The van der Waals surface area contributed by atoms with E-state index in [1.165, 1.54) is 0 Å². The molecule has 0 saturated heterocycles. The summed E-state index contributed by atoms with van der Waals surface area (Å²) in [5.74, 6) is -0.0805. The molecule has 102 valence electrons. The van der Waals surface area contributed by atoms with Crippen LogP contribution in [0.2, 0.25) is 0 Å². The average Bonchev–Trinajstić information content (AvgIpc) is 2.44. The Morgan fingerprint density at radius 3 is 2.58 bits per heavy atom. The SMILES string of the molecule is C=CCNC(=S)N(C)Cc1ccc(C(=O)NC)cc1. The predicted molar refractivity (Wildman–Crippen MR) is 82.1 cm³/mol. The molecule has 1 amide bonds. The highest BCUT2D eigenvalue weighted by Crippen LogP contribution is 2.07. The number of carbonyl (C=O) groups is 1. The van der Waals surface area contributed by atoms with Gasteiger partial charge in [0.25, 0.3) is 5.91 Å². The maximum atomic E-state index is 11.4. The molecule has 0 saturated carbocycles. The molecule has 19 heavy (non-hydrogen) atoms. The summed E-state index contributed by atoms with van der Waals surface area (Å²) in [7, 11) is 3.54. The van der Waals surface area contributed by atoms with E-state index in [1.807, 2.05) is 36.2 Å². The summed E-state index contributed by atoms with van der Waals surface area (Å²) in [4.78, 5) is 13.3. The van der Waals surface area contributed by atoms with Crippen LogP contribution in [-0.2, 0) is 6.54 Å². The summed E-state index contributed by atoms with van der Waals surface area (Å²) in [5, 5.41) is 6.34. The lowest BCUT2D eigenvalue weighted by atomic mass is 10.1. The molecule has 4 nitrogen and oxygen atoms in total. The van der Waals surface area contributed by atoms with Crippen LogP contribution in [0.25, 0.3) is 0 Å². The van der Waals surface area contributed by atoms with Crippen LogP contribution >= 0.6 is 12.2 Å². The summed E-state index contributed by atoms with van der Waals surface area (Å²) in [6.45, 7) is 4.97. The van der Waals surface area contributed by atoms with E-state index in [-0.39, 0.29) is 5.91 Å². The van der Waals surface area contributed by atoms with Gasteiger partial charge in [0.2, 0.25) is 0 Å². The van der Waals surface area contributed by atoms with Gasteiger partial charge in [-0.25, -0.2) is 0 Å². The Balaban J connectivity index is 2.59. The zero-order valence-corrected chi connectivity index (χ0v) is 12.1. The van der Waals surface area contributed by atoms with Crippen LogP contribution in [0, 0.1) is 0 Å². The molecule has 0 radical (unpaired) electrons. The van der Waals surface area contributed by atoms with E-state index in [0.29, 0.717) is 23.8 Å². The normalized spacial score (nSPS) is 9.58. The monoisotopic (exact) mass is 277 g/mol. The van der Waals surface area contributed by atoms with E-state index in [4.69, 9.17) is 12.2 Å². The number of hydrogen-bond donors (Lipinski definition) is 2. The van der Waals surface area contributed by atoms with E-state index in [2.05, 4.69) is 17.2 Å². The Kier molecular flexibility index (Phi) is 6.02. The van der Waals surface area contributed by atoms with E-state index in [0.717, 1.165) is 5.56 Å². The largest absolute Gasteiger partial charge is 0.359 e. The summed E-state index contributed by atoms with van der Waals surface area (Å²) in [6.07, 6.45) is 1.76. The molecule has 0 aliphatic heterocycles. The van der Waals surface area contributed by atoms with Crippen LogP contribution < -0.4 is 10.6 Å². The second-order valence-electron chi connectivity index (χ2n) is 4.11. The van der Waals surface area contributed by atoms with Crippen LogP contribution in [0.5, 0.6) is 0 Å². The topological polar surface area (TPSA) is 44.4 Å². The number of rotatable bonds is 5. The molecule has 0 heterocycles. The Morgan fingerprint density at radius 1 is 1.42 bits per heavy atom. The highest BCUT2D eigenvalue weighted by Gasteiger charge is 2.06. The second kappa shape index (κ2) is 7.53. The minimum Gasteiger partial charge on any atom is -0.359 e. The van der Waals surface area contributed by atoms with Gasteiger partial charge in [0.15, 0.2) is 5.11 Å². The highest BCUT2D eigenvalue weighted by atomic mass is 32.1. The Labute approximate surface area is 119 Å². The first-order chi connectivity index (χ1) is 9.08. The summed E-state index contributed by atoms with van der Waals surface area (Å²) >= 11 is 5.23. The van der Waals surface area contributed by atoms with Crippen LogP contribution in [-0.4, -0.2) is 36.6 Å². The maximum Gasteiger partial charge on any atom is 0.251 e. The van der Waals surface area contributed by atoms with Gasteiger partial charge in [-0.2, -0.15) is 0 Å². The molecule has 1 rings (SSSR count). The molecule has 1 aromatic rings. The number of carbonyl (C=O) groups excluding carboxylic acids is 1. The van der Waals surface area contributed by atoms with Gasteiger partial charge in [-0.3, -0.25) is 4.79 Å². The van der Waals surface area contributed by atoms with E-state index < -0.39 is 0 Å². The van der Waals surface area contributed by atoms with Gasteiger partial charge in [0.1, 0.15) is 0 Å². The Bertz CT molecular complexity index is 456. The third-order valence-electron chi connectivity index (χ3n) is 2.61. The van der Waals surface area contributed by atoms with Crippen molar-refractivity contribution in [1.29, 1.82) is 0 Å². The first-order valence-corrected chi connectivity index (χ1v) is 6.40. The smallest absolute Gasteiger partial charge is 0.251 e. The predicted octanol–water partition coefficient (Wildman–Crippen LogP) is 1.54. The zero-order valence-electron chi connectivity index (χ0n) is 11.3. The van der Waals surface area contributed by atoms with Gasteiger partial charge in [-0.1, -0.05) is 18.2 Å². The molecule has 2 N–H and O–H groups in total. The van der Waals surface area contributed by atoms with Crippen molar-refractivity contribution in [3.05, 3.63) is 48.0 Å². The maximum absolute atomic E-state index is 11.4. The summed E-state index contributed by atoms with van der Waals surface area (Å²) < 4.78 is 0. The van der Waals surface area contributed by atoms with Gasteiger partial charge in [0, 0.05) is 32.7 Å². The molecule has 0 aliphatic carbocycles. The number of hydrogen-bond acceptors (Lipinski definition) is 2. The van der Waals surface area contributed by atoms with Crippen LogP contribution in [0.4, 0.5) is 0 Å². The lowest BCUT2D eigenvalue weighted by molar-refractivity contribution is 0.0963. The molecule has 0 fully saturated rings. The van der Waals surface area contributed by atoms with Crippen molar-refractivity contribution in [2.75, 3.05) is 20.6 Å². The van der Waals surface area contributed by atoms with Gasteiger partial charge >= 0.3 is 0 Å². The molecule has 5 heteroatoms. The van der Waals surface area contributed by atoms with Crippen molar-refractivity contribution in [3.8, 4) is 0 Å². The van der Waals surface area contributed by atoms with E-state index >= 15 is 0 Å². The quantitative estimate of drug-likeness (QED) is 0.633. The summed E-state index contributed by atoms with van der Waals surface area (Å²) in [6, 6.07) is 7.47. The fraction of sp³-hybridized carbons (Fsp3) is 0.286. The molecular weight excluding hydrogens is 258 g/mol. The number of benzene rings is 1. The van der Waals surface area contributed by atoms with Crippen molar-refractivity contribution in [1.82, 2.24) is 15.5 Å². The van der Waals surface area contributed by atoms with Crippen molar-refractivity contribution in [3.63, 3.8) is 0 Å². The van der Waals surface area contributed by atoms with Crippen molar-refractivity contribution in [2.24, 2.45) is 0 Å². The third-order valence-corrected chi connectivity index (χ3v) is 3.06. The van der Waals surface area contributed by atoms with Gasteiger partial charge in [-0.05, 0) is 29.9 Å². The molecule has 0 bridgehead atoms. The molecule has 0 aromatic heterocycles. The van der Waals surface area contributed by atoms with Crippen molar-refractivity contribution in [2.45, 2.75) is 6.54 Å². The van der Waals surface area contributed by atoms with Crippen molar-refractivity contribution < 1.29 is 4.79 Å². The molecule has 0 unspecified atom stereocenters. The third kappa shape index (κ3) is 4.71. The van der Waals surface area contributed by atoms with E-state index in [1.54, 1.807) is 13.1 Å². The molecule has 0 aliphatic rings. The fourth-order valence-corrected chi connectivity index (χ4v) is 1.69. The number of amides is 1. The molecular formula is C14H19N3OS. The first-order valence-electron chi connectivity index (χ1n) is 5.99. The van der Waals surface area contributed by atoms with Crippen LogP contribution in [0.3, 0.4) is 0 Å². The van der Waals surface area contributed by atoms with Gasteiger partial charge in [-0.15, -0.1) is 6.58 Å².